The van der Waals surface area contributed by atoms with E-state index in [1.807, 2.05) is 52.0 Å². The van der Waals surface area contributed by atoms with Crippen LogP contribution < -0.4 is 10.1 Å². The van der Waals surface area contributed by atoms with Crippen LogP contribution in [0.1, 0.15) is 27.8 Å². The first kappa shape index (κ1) is 16.1. The maximum atomic E-state index is 11.9. The Morgan fingerprint density at radius 2 is 1.77 bits per heavy atom. The molecule has 2 aromatic rings. The Kier molecular flexibility index (Phi) is 5.21. The summed E-state index contributed by atoms with van der Waals surface area (Å²) in [6, 6.07) is 12.2. The van der Waals surface area contributed by atoms with Gasteiger partial charge in [-0.15, -0.1) is 0 Å². The topological polar surface area (TPSA) is 38.3 Å². The lowest BCUT2D eigenvalue weighted by Crippen LogP contribution is -2.28. The fourth-order valence-electron chi connectivity index (χ4n) is 2.36. The van der Waals surface area contributed by atoms with Crippen molar-refractivity contribution >= 4 is 5.91 Å². The van der Waals surface area contributed by atoms with Crippen molar-refractivity contribution in [2.75, 3.05) is 6.61 Å². The molecular weight excluding hydrogens is 274 g/mol. The van der Waals surface area contributed by atoms with Crippen LogP contribution in [0.5, 0.6) is 5.75 Å². The van der Waals surface area contributed by atoms with Crippen LogP contribution in [0, 0.1) is 27.7 Å². The van der Waals surface area contributed by atoms with Gasteiger partial charge in [0.2, 0.25) is 0 Å². The summed E-state index contributed by atoms with van der Waals surface area (Å²) in [5.41, 5.74) is 5.59. The number of carbonyl (C=O) groups excluding carboxylic acids is 1. The van der Waals surface area contributed by atoms with Crippen LogP contribution in [0.25, 0.3) is 0 Å². The molecule has 0 heterocycles. The van der Waals surface area contributed by atoms with Crippen LogP contribution in [-0.2, 0) is 11.3 Å². The minimum absolute atomic E-state index is 0.0386. The summed E-state index contributed by atoms with van der Waals surface area (Å²) in [6.07, 6.45) is 0. The summed E-state index contributed by atoms with van der Waals surface area (Å²) in [5, 5.41) is 2.89. The molecule has 0 bridgehead atoms. The molecule has 0 spiro atoms. The van der Waals surface area contributed by atoms with Gasteiger partial charge in [0.1, 0.15) is 5.75 Å². The lowest BCUT2D eigenvalue weighted by molar-refractivity contribution is -0.123. The van der Waals surface area contributed by atoms with Gasteiger partial charge in [-0.05, 0) is 49.9 Å². The van der Waals surface area contributed by atoms with Crippen molar-refractivity contribution in [3.8, 4) is 5.75 Å². The van der Waals surface area contributed by atoms with Crippen molar-refractivity contribution < 1.29 is 9.53 Å². The molecule has 0 atom stereocenters. The van der Waals surface area contributed by atoms with Gasteiger partial charge in [0, 0.05) is 6.54 Å². The summed E-state index contributed by atoms with van der Waals surface area (Å²) in [7, 11) is 0. The Labute approximate surface area is 132 Å². The molecule has 0 unspecified atom stereocenters. The number of aryl methyl sites for hydroxylation is 3. The molecule has 0 aliphatic carbocycles. The smallest absolute Gasteiger partial charge is 0.258 e. The largest absolute Gasteiger partial charge is 0.483 e. The van der Waals surface area contributed by atoms with Crippen LogP contribution in [-0.4, -0.2) is 12.5 Å². The molecule has 2 rings (SSSR count). The third kappa shape index (κ3) is 4.10. The molecule has 0 radical (unpaired) electrons. The summed E-state index contributed by atoms with van der Waals surface area (Å²) < 4.78 is 5.71. The van der Waals surface area contributed by atoms with Crippen LogP contribution in [0.4, 0.5) is 0 Å². The number of rotatable bonds is 5. The highest BCUT2D eigenvalue weighted by Gasteiger charge is 2.09. The lowest BCUT2D eigenvalue weighted by Gasteiger charge is -2.14. The van der Waals surface area contributed by atoms with Gasteiger partial charge in [-0.2, -0.15) is 0 Å². The van der Waals surface area contributed by atoms with Crippen molar-refractivity contribution in [3.05, 3.63) is 64.2 Å². The van der Waals surface area contributed by atoms with Crippen LogP contribution in [0.15, 0.2) is 36.4 Å². The fraction of sp³-hybridized carbons (Fsp3) is 0.316. The van der Waals surface area contributed by atoms with Crippen molar-refractivity contribution in [2.45, 2.75) is 34.2 Å². The highest BCUT2D eigenvalue weighted by atomic mass is 16.5. The first-order valence-electron chi connectivity index (χ1n) is 7.49. The maximum Gasteiger partial charge on any atom is 0.258 e. The average molecular weight is 297 g/mol. The van der Waals surface area contributed by atoms with E-state index in [0.717, 1.165) is 22.4 Å². The van der Waals surface area contributed by atoms with Gasteiger partial charge >= 0.3 is 0 Å². The number of nitrogens with one attached hydrogen (secondary N) is 1. The molecule has 1 amide bonds. The van der Waals surface area contributed by atoms with E-state index < -0.39 is 0 Å². The van der Waals surface area contributed by atoms with E-state index in [2.05, 4.69) is 17.4 Å². The lowest BCUT2D eigenvalue weighted by atomic mass is 10.1. The molecule has 2 aromatic carbocycles. The van der Waals surface area contributed by atoms with Crippen LogP contribution in [0.2, 0.25) is 0 Å². The third-order valence-corrected chi connectivity index (χ3v) is 3.79. The van der Waals surface area contributed by atoms with E-state index in [-0.39, 0.29) is 12.5 Å². The molecule has 3 nitrogen and oxygen atoms in total. The van der Waals surface area contributed by atoms with Crippen molar-refractivity contribution in [3.63, 3.8) is 0 Å². The molecule has 0 fully saturated rings. The minimum Gasteiger partial charge on any atom is -0.483 e. The van der Waals surface area contributed by atoms with Crippen molar-refractivity contribution in [2.24, 2.45) is 0 Å². The molecule has 0 aliphatic rings. The molecule has 3 heteroatoms. The third-order valence-electron chi connectivity index (χ3n) is 3.79. The van der Waals surface area contributed by atoms with Gasteiger partial charge in [0.15, 0.2) is 6.61 Å². The first-order valence-corrected chi connectivity index (χ1v) is 7.49. The second kappa shape index (κ2) is 7.12. The molecule has 116 valence electrons. The van der Waals surface area contributed by atoms with Gasteiger partial charge in [-0.1, -0.05) is 42.0 Å². The SMILES string of the molecule is Cc1cccc(CNC(=O)COc2c(C)ccc(C)c2C)c1. The number of hydrogen-bond donors (Lipinski definition) is 1. The van der Waals surface area contributed by atoms with Gasteiger partial charge < -0.3 is 10.1 Å². The molecule has 1 N–H and O–H groups in total. The highest BCUT2D eigenvalue weighted by molar-refractivity contribution is 5.77. The Bertz CT molecular complexity index is 677. The van der Waals surface area contributed by atoms with Gasteiger partial charge in [0.25, 0.3) is 5.91 Å². The molecule has 0 saturated heterocycles. The second-order valence-electron chi connectivity index (χ2n) is 5.71. The zero-order chi connectivity index (χ0) is 16.1. The number of hydrogen-bond acceptors (Lipinski definition) is 2. The molecular formula is C19H23NO2. The Morgan fingerprint density at radius 3 is 2.50 bits per heavy atom. The number of carbonyl (C=O) groups is 1. The zero-order valence-corrected chi connectivity index (χ0v) is 13.7. The van der Waals surface area contributed by atoms with Gasteiger partial charge in [-0.25, -0.2) is 0 Å². The fourth-order valence-corrected chi connectivity index (χ4v) is 2.36. The average Bonchev–Trinajstić information content (AvgIpc) is 2.49. The van der Waals surface area contributed by atoms with Crippen molar-refractivity contribution in [1.29, 1.82) is 0 Å². The second-order valence-corrected chi connectivity index (χ2v) is 5.71. The standard InChI is InChI=1S/C19H23NO2/c1-13-6-5-7-17(10-13)11-20-18(21)12-22-19-15(3)9-8-14(2)16(19)4/h5-10H,11-12H2,1-4H3,(H,20,21). The predicted molar refractivity (Wildman–Crippen MR) is 89.2 cm³/mol. The number of amides is 1. The summed E-state index contributed by atoms with van der Waals surface area (Å²) in [4.78, 5) is 11.9. The monoisotopic (exact) mass is 297 g/mol. The zero-order valence-electron chi connectivity index (χ0n) is 13.7. The minimum atomic E-state index is -0.109. The van der Waals surface area contributed by atoms with Crippen molar-refractivity contribution in [1.82, 2.24) is 5.32 Å². The van der Waals surface area contributed by atoms with Crippen LogP contribution in [0.3, 0.4) is 0 Å². The highest BCUT2D eigenvalue weighted by Crippen LogP contribution is 2.25. The normalized spacial score (nSPS) is 10.4. The summed E-state index contributed by atoms with van der Waals surface area (Å²) in [6.45, 7) is 8.65. The maximum absolute atomic E-state index is 11.9. The van der Waals surface area contributed by atoms with Crippen LogP contribution >= 0.6 is 0 Å². The molecule has 0 aliphatic heterocycles. The van der Waals surface area contributed by atoms with E-state index in [0.29, 0.717) is 6.54 Å². The van der Waals surface area contributed by atoms with E-state index in [4.69, 9.17) is 4.74 Å². The Morgan fingerprint density at radius 1 is 1.05 bits per heavy atom. The summed E-state index contributed by atoms with van der Waals surface area (Å²) in [5.74, 6) is 0.701. The Balaban J connectivity index is 1.90. The van der Waals surface area contributed by atoms with E-state index in [1.165, 1.54) is 11.1 Å². The number of ether oxygens (including phenoxy) is 1. The molecule has 0 saturated carbocycles. The summed E-state index contributed by atoms with van der Waals surface area (Å²) >= 11 is 0. The quantitative estimate of drug-likeness (QED) is 0.915. The van der Waals surface area contributed by atoms with Gasteiger partial charge in [-0.3, -0.25) is 4.79 Å². The number of benzene rings is 2. The van der Waals surface area contributed by atoms with Gasteiger partial charge in [0.05, 0.1) is 0 Å². The predicted octanol–water partition coefficient (Wildman–Crippen LogP) is 3.62. The Hall–Kier alpha value is -2.29. The first-order chi connectivity index (χ1) is 10.5. The molecule has 0 aromatic heterocycles. The molecule has 22 heavy (non-hydrogen) atoms. The van der Waals surface area contributed by atoms with E-state index >= 15 is 0 Å². The van der Waals surface area contributed by atoms with E-state index in [9.17, 15) is 4.79 Å². The van der Waals surface area contributed by atoms with E-state index in [1.54, 1.807) is 0 Å².